The molecule has 0 bridgehead atoms. The molecule has 0 N–H and O–H groups in total. The summed E-state index contributed by atoms with van der Waals surface area (Å²) >= 11 is 1.43. The van der Waals surface area contributed by atoms with Crippen LogP contribution in [-0.2, 0) is 4.74 Å². The molecular weight excluding hydrogens is 224 g/mol. The van der Waals surface area contributed by atoms with Crippen molar-refractivity contribution < 1.29 is 9.53 Å². The fraction of sp³-hybridized carbons (Fsp3) is 0.0909. The van der Waals surface area contributed by atoms with Gasteiger partial charge in [0.2, 0.25) is 0 Å². The first-order chi connectivity index (χ1) is 7.79. The second-order valence-corrected chi connectivity index (χ2v) is 4.44. The number of pyridine rings is 1. The minimum absolute atomic E-state index is 0.293. The minimum atomic E-state index is -0.293. The highest BCUT2D eigenvalue weighted by Gasteiger charge is 2.12. The Morgan fingerprint density at radius 2 is 2.38 bits per heavy atom. The van der Waals surface area contributed by atoms with E-state index in [0.717, 1.165) is 15.6 Å². The second kappa shape index (κ2) is 3.31. The molecular formula is C11H8N2O2S. The van der Waals surface area contributed by atoms with Crippen molar-refractivity contribution in [3.05, 3.63) is 35.5 Å². The molecule has 3 aromatic rings. The number of carbonyl (C=O) groups excluding carboxylic acids is 1. The molecule has 0 amide bonds. The lowest BCUT2D eigenvalue weighted by atomic mass is 10.2. The normalized spacial score (nSPS) is 11.1. The minimum Gasteiger partial charge on any atom is -0.465 e. The number of aromatic nitrogens is 2. The van der Waals surface area contributed by atoms with Gasteiger partial charge >= 0.3 is 5.97 Å². The van der Waals surface area contributed by atoms with Crippen molar-refractivity contribution >= 4 is 32.9 Å². The van der Waals surface area contributed by atoms with Crippen LogP contribution in [0.3, 0.4) is 0 Å². The van der Waals surface area contributed by atoms with Crippen molar-refractivity contribution in [3.63, 3.8) is 0 Å². The number of ether oxygens (including phenoxy) is 1. The molecule has 0 spiro atoms. The Morgan fingerprint density at radius 1 is 1.50 bits per heavy atom. The number of rotatable bonds is 1. The van der Waals surface area contributed by atoms with Crippen molar-refractivity contribution in [2.75, 3.05) is 7.11 Å². The topological polar surface area (TPSA) is 43.6 Å². The van der Waals surface area contributed by atoms with Crippen molar-refractivity contribution in [3.8, 4) is 0 Å². The lowest BCUT2D eigenvalue weighted by Gasteiger charge is -1.92. The summed E-state index contributed by atoms with van der Waals surface area (Å²) < 4.78 is 7.56. The summed E-state index contributed by atoms with van der Waals surface area (Å²) in [6, 6.07) is 5.73. The summed E-state index contributed by atoms with van der Waals surface area (Å²) in [6.45, 7) is 0. The van der Waals surface area contributed by atoms with Crippen molar-refractivity contribution in [1.29, 1.82) is 0 Å². The number of hydrogen-bond acceptors (Lipinski definition) is 4. The predicted molar refractivity (Wildman–Crippen MR) is 61.9 cm³/mol. The highest BCUT2D eigenvalue weighted by Crippen LogP contribution is 2.29. The van der Waals surface area contributed by atoms with Crippen LogP contribution < -0.4 is 0 Å². The standard InChI is InChI=1S/C11H8N2O2S/c1-15-11(14)10-6-7-8-2-4-12-13(8)5-3-9(7)16-10/h2-6H,1H3. The number of carbonyl (C=O) groups is 1. The number of methoxy groups -OCH3 is 1. The molecule has 0 unspecified atom stereocenters. The number of nitrogens with zero attached hydrogens (tertiary/aromatic N) is 2. The van der Waals surface area contributed by atoms with Gasteiger partial charge in [0.25, 0.3) is 0 Å². The summed E-state index contributed by atoms with van der Waals surface area (Å²) in [5.41, 5.74) is 1.00. The zero-order valence-electron chi connectivity index (χ0n) is 8.51. The molecule has 4 nitrogen and oxygen atoms in total. The van der Waals surface area contributed by atoms with Gasteiger partial charge in [-0.2, -0.15) is 5.10 Å². The van der Waals surface area contributed by atoms with Crippen LogP contribution in [-0.4, -0.2) is 22.7 Å². The molecule has 0 aliphatic carbocycles. The Bertz CT molecular complexity index is 683. The maximum atomic E-state index is 11.4. The molecule has 0 aliphatic heterocycles. The zero-order valence-corrected chi connectivity index (χ0v) is 9.32. The Kier molecular flexibility index (Phi) is 1.94. The van der Waals surface area contributed by atoms with Gasteiger partial charge in [-0.3, -0.25) is 0 Å². The molecule has 0 atom stereocenters. The molecule has 3 aromatic heterocycles. The highest BCUT2D eigenvalue weighted by atomic mass is 32.1. The van der Waals surface area contributed by atoms with E-state index in [0.29, 0.717) is 4.88 Å². The van der Waals surface area contributed by atoms with Crippen LogP contribution in [0.25, 0.3) is 15.6 Å². The van der Waals surface area contributed by atoms with E-state index < -0.39 is 0 Å². The van der Waals surface area contributed by atoms with E-state index in [1.54, 1.807) is 10.7 Å². The molecule has 0 aromatic carbocycles. The van der Waals surface area contributed by atoms with E-state index in [9.17, 15) is 4.79 Å². The van der Waals surface area contributed by atoms with Gasteiger partial charge in [-0.05, 0) is 18.2 Å². The predicted octanol–water partition coefficient (Wildman–Crippen LogP) is 2.34. The Balaban J connectivity index is 2.34. The van der Waals surface area contributed by atoms with Crippen molar-refractivity contribution in [1.82, 2.24) is 9.61 Å². The molecule has 3 heterocycles. The zero-order chi connectivity index (χ0) is 11.1. The quantitative estimate of drug-likeness (QED) is 0.605. The Labute approximate surface area is 95.1 Å². The highest BCUT2D eigenvalue weighted by molar-refractivity contribution is 7.20. The fourth-order valence-electron chi connectivity index (χ4n) is 1.71. The SMILES string of the molecule is COC(=O)c1cc2c(ccn3nccc23)s1. The van der Waals surface area contributed by atoms with E-state index in [-0.39, 0.29) is 5.97 Å². The van der Waals surface area contributed by atoms with Crippen LogP contribution in [0, 0.1) is 0 Å². The average molecular weight is 232 g/mol. The first-order valence-corrected chi connectivity index (χ1v) is 5.55. The van der Waals surface area contributed by atoms with Crippen molar-refractivity contribution in [2.45, 2.75) is 0 Å². The molecule has 0 saturated carbocycles. The summed E-state index contributed by atoms with van der Waals surface area (Å²) in [5.74, 6) is -0.293. The summed E-state index contributed by atoms with van der Waals surface area (Å²) in [6.07, 6.45) is 3.62. The number of fused-ring (bicyclic) bond motifs is 3. The third-order valence-corrected chi connectivity index (χ3v) is 3.54. The van der Waals surface area contributed by atoms with Gasteiger partial charge in [0.05, 0.1) is 12.6 Å². The van der Waals surface area contributed by atoms with Gasteiger partial charge in [-0.15, -0.1) is 11.3 Å². The van der Waals surface area contributed by atoms with Gasteiger partial charge < -0.3 is 4.74 Å². The van der Waals surface area contributed by atoms with Gasteiger partial charge in [-0.1, -0.05) is 0 Å². The van der Waals surface area contributed by atoms with Gasteiger partial charge in [0, 0.05) is 22.5 Å². The first kappa shape index (κ1) is 9.35. The van der Waals surface area contributed by atoms with E-state index in [1.165, 1.54) is 18.4 Å². The molecule has 0 aliphatic rings. The largest absolute Gasteiger partial charge is 0.465 e. The summed E-state index contributed by atoms with van der Waals surface area (Å²) in [4.78, 5) is 12.0. The number of thiophene rings is 1. The third-order valence-electron chi connectivity index (χ3n) is 2.46. The Morgan fingerprint density at radius 3 is 3.19 bits per heavy atom. The smallest absolute Gasteiger partial charge is 0.348 e. The molecule has 16 heavy (non-hydrogen) atoms. The van der Waals surface area contributed by atoms with E-state index in [4.69, 9.17) is 4.74 Å². The summed E-state index contributed by atoms with van der Waals surface area (Å²) in [7, 11) is 1.39. The molecule has 0 fully saturated rings. The summed E-state index contributed by atoms with van der Waals surface area (Å²) in [5, 5.41) is 5.18. The molecule has 80 valence electrons. The maximum absolute atomic E-state index is 11.4. The van der Waals surface area contributed by atoms with E-state index in [1.807, 2.05) is 24.4 Å². The van der Waals surface area contributed by atoms with Crippen LogP contribution in [0.1, 0.15) is 9.67 Å². The first-order valence-electron chi connectivity index (χ1n) is 4.74. The van der Waals surface area contributed by atoms with Gasteiger partial charge in [0.15, 0.2) is 0 Å². The lowest BCUT2D eigenvalue weighted by Crippen LogP contribution is -1.96. The number of hydrogen-bond donors (Lipinski definition) is 0. The molecule has 0 saturated heterocycles. The number of esters is 1. The van der Waals surface area contributed by atoms with E-state index >= 15 is 0 Å². The van der Waals surface area contributed by atoms with Crippen LogP contribution in [0.4, 0.5) is 0 Å². The monoisotopic (exact) mass is 232 g/mol. The average Bonchev–Trinajstić information content (AvgIpc) is 2.92. The second-order valence-electron chi connectivity index (χ2n) is 3.36. The Hall–Kier alpha value is -1.88. The van der Waals surface area contributed by atoms with Crippen LogP contribution in [0.2, 0.25) is 0 Å². The lowest BCUT2D eigenvalue weighted by molar-refractivity contribution is 0.0606. The molecule has 3 rings (SSSR count). The van der Waals surface area contributed by atoms with Crippen LogP contribution in [0.15, 0.2) is 30.6 Å². The van der Waals surface area contributed by atoms with Crippen molar-refractivity contribution in [2.24, 2.45) is 0 Å². The van der Waals surface area contributed by atoms with E-state index in [2.05, 4.69) is 5.10 Å². The van der Waals surface area contributed by atoms with Gasteiger partial charge in [-0.25, -0.2) is 9.31 Å². The molecule has 0 radical (unpaired) electrons. The van der Waals surface area contributed by atoms with Crippen LogP contribution in [0.5, 0.6) is 0 Å². The van der Waals surface area contributed by atoms with Crippen LogP contribution >= 0.6 is 11.3 Å². The fourth-order valence-corrected chi connectivity index (χ4v) is 2.70. The third kappa shape index (κ3) is 1.22. The van der Waals surface area contributed by atoms with Gasteiger partial charge in [0.1, 0.15) is 4.88 Å². The molecule has 5 heteroatoms. The maximum Gasteiger partial charge on any atom is 0.348 e.